The van der Waals surface area contributed by atoms with Gasteiger partial charge in [0, 0.05) is 27.1 Å². The number of hydrogen-bond acceptors (Lipinski definition) is 2. The minimum Gasteiger partial charge on any atom is -0.456 e. The number of hydrogen-bond donors (Lipinski definition) is 1. The first-order valence-corrected chi connectivity index (χ1v) is 16.8. The van der Waals surface area contributed by atoms with Gasteiger partial charge >= 0.3 is 0 Å². The van der Waals surface area contributed by atoms with E-state index in [-0.39, 0.29) is 6.17 Å². The molecule has 2 aromatic heterocycles. The second-order valence-corrected chi connectivity index (χ2v) is 13.1. The molecule has 4 heteroatoms. The van der Waals surface area contributed by atoms with Crippen LogP contribution < -0.4 is 5.32 Å². The van der Waals surface area contributed by atoms with E-state index in [1.165, 1.54) is 66.4 Å². The smallest absolute Gasteiger partial charge is 0.215 e. The highest BCUT2D eigenvalue weighted by Crippen LogP contribution is 2.48. The molecule has 0 saturated heterocycles. The second kappa shape index (κ2) is 9.77. The molecule has 1 aliphatic carbocycles. The highest BCUT2D eigenvalue weighted by atomic mass is 16.3. The zero-order chi connectivity index (χ0) is 31.3. The molecular weight excluding hydrogens is 587 g/mol. The number of para-hydroxylation sites is 2. The van der Waals surface area contributed by atoms with Crippen molar-refractivity contribution in [3.05, 3.63) is 151 Å². The van der Waals surface area contributed by atoms with Crippen molar-refractivity contribution in [1.29, 1.82) is 0 Å². The molecule has 48 heavy (non-hydrogen) atoms. The molecule has 2 N–H and O–H groups in total. The lowest BCUT2D eigenvalue weighted by Crippen LogP contribution is -2.83. The number of quaternary nitrogens is 1. The van der Waals surface area contributed by atoms with Crippen LogP contribution in [0.1, 0.15) is 30.1 Å². The number of fused-ring (bicyclic) bond motifs is 10. The molecule has 0 spiro atoms. The first-order chi connectivity index (χ1) is 23.8. The summed E-state index contributed by atoms with van der Waals surface area (Å²) in [6.45, 7) is 0. The molecule has 1 atom stereocenters. The van der Waals surface area contributed by atoms with Crippen LogP contribution in [-0.2, 0) is 0 Å². The van der Waals surface area contributed by atoms with Crippen LogP contribution in [-0.4, -0.2) is 10.3 Å². The first-order valence-electron chi connectivity index (χ1n) is 16.8. The van der Waals surface area contributed by atoms with Gasteiger partial charge in [0.2, 0.25) is 6.17 Å². The number of nitrogens with zero attached hydrogens (tertiary/aromatic N) is 2. The fourth-order valence-electron chi connectivity index (χ4n) is 8.48. The molecule has 226 valence electrons. The summed E-state index contributed by atoms with van der Waals surface area (Å²) >= 11 is 0. The highest BCUT2D eigenvalue weighted by Gasteiger charge is 2.41. The molecular formula is C44H30N3O+. The van der Waals surface area contributed by atoms with E-state index in [4.69, 9.17) is 9.41 Å². The monoisotopic (exact) mass is 616 g/mol. The standard InChI is InChI=1S/C44H29N3O/c1-3-12-26(13-4-1)30-22-23-35-42(39(30)27-14-5-2-6-15-27)46-44-41(45-35)34-25-28(24-33-31-16-7-9-19-36(31)47(44)43(33)34)29-18-11-21-38-40(29)32-17-8-10-20-37(32)48-38/h2-3,5-25,44,46H,1,4H2/p+1. The van der Waals surface area contributed by atoms with Gasteiger partial charge in [-0.15, -0.1) is 0 Å². The van der Waals surface area contributed by atoms with Gasteiger partial charge in [0.05, 0.1) is 16.6 Å². The summed E-state index contributed by atoms with van der Waals surface area (Å²) in [4.78, 5) is 5.54. The minimum absolute atomic E-state index is 0.00992. The Morgan fingerprint density at radius 1 is 0.667 bits per heavy atom. The van der Waals surface area contributed by atoms with Crippen LogP contribution in [0.5, 0.6) is 0 Å². The van der Waals surface area contributed by atoms with Crippen molar-refractivity contribution >= 4 is 66.4 Å². The summed E-state index contributed by atoms with van der Waals surface area (Å²) in [5.41, 5.74) is 16.3. The van der Waals surface area contributed by atoms with Crippen LogP contribution >= 0.6 is 0 Å². The Labute approximate surface area is 277 Å². The van der Waals surface area contributed by atoms with E-state index in [1.807, 2.05) is 6.07 Å². The first kappa shape index (κ1) is 26.1. The lowest BCUT2D eigenvalue weighted by atomic mass is 9.89. The number of nitrogens with two attached hydrogens (primary N) is 1. The maximum Gasteiger partial charge on any atom is 0.215 e. The molecule has 0 fully saturated rings. The van der Waals surface area contributed by atoms with E-state index in [1.54, 1.807) is 0 Å². The third-order valence-electron chi connectivity index (χ3n) is 10.5. The topological polar surface area (TPSA) is 47.0 Å². The number of rotatable bonds is 3. The van der Waals surface area contributed by atoms with Crippen LogP contribution in [0.3, 0.4) is 0 Å². The average Bonchev–Trinajstić information content (AvgIpc) is 3.80. The van der Waals surface area contributed by atoms with Crippen LogP contribution in [0.15, 0.2) is 149 Å². The molecule has 4 nitrogen and oxygen atoms in total. The third-order valence-corrected chi connectivity index (χ3v) is 10.5. The van der Waals surface area contributed by atoms with Crippen LogP contribution in [0.4, 0.5) is 11.4 Å². The highest BCUT2D eigenvalue weighted by molar-refractivity contribution is 6.25. The van der Waals surface area contributed by atoms with Crippen molar-refractivity contribution in [3.8, 4) is 22.3 Å². The van der Waals surface area contributed by atoms with Gasteiger partial charge in [0.1, 0.15) is 22.6 Å². The number of furan rings is 1. The molecule has 1 unspecified atom stereocenters. The normalized spacial score (nSPS) is 16.5. The fourth-order valence-corrected chi connectivity index (χ4v) is 8.48. The van der Waals surface area contributed by atoms with Crippen molar-refractivity contribution in [2.24, 2.45) is 4.99 Å². The third kappa shape index (κ3) is 3.55. The molecule has 0 bridgehead atoms. The number of allylic oxidation sites excluding steroid dienone is 4. The van der Waals surface area contributed by atoms with Crippen molar-refractivity contribution < 1.29 is 9.73 Å². The van der Waals surface area contributed by atoms with Gasteiger partial charge < -0.3 is 4.42 Å². The molecule has 0 amide bonds. The zero-order valence-corrected chi connectivity index (χ0v) is 26.2. The van der Waals surface area contributed by atoms with Crippen LogP contribution in [0.2, 0.25) is 0 Å². The largest absolute Gasteiger partial charge is 0.456 e. The zero-order valence-electron chi connectivity index (χ0n) is 26.2. The molecule has 2 aliphatic heterocycles. The predicted octanol–water partition coefficient (Wildman–Crippen LogP) is 10.6. The lowest BCUT2D eigenvalue weighted by Gasteiger charge is -2.24. The molecule has 6 aromatic carbocycles. The minimum atomic E-state index is -0.00992. The van der Waals surface area contributed by atoms with Crippen molar-refractivity contribution in [2.75, 3.05) is 0 Å². The molecule has 8 aromatic rings. The number of aromatic nitrogens is 1. The Balaban J connectivity index is 1.19. The summed E-state index contributed by atoms with van der Waals surface area (Å²) in [6.07, 6.45) is 9.12. The Morgan fingerprint density at radius 2 is 1.50 bits per heavy atom. The van der Waals surface area contributed by atoms with E-state index in [0.29, 0.717) is 0 Å². The van der Waals surface area contributed by atoms with Crippen molar-refractivity contribution in [3.63, 3.8) is 0 Å². The quantitative estimate of drug-likeness (QED) is 0.197. The van der Waals surface area contributed by atoms with Crippen molar-refractivity contribution in [1.82, 2.24) is 4.57 Å². The van der Waals surface area contributed by atoms with E-state index < -0.39 is 0 Å². The molecule has 11 rings (SSSR count). The molecule has 0 radical (unpaired) electrons. The number of benzene rings is 6. The van der Waals surface area contributed by atoms with E-state index in [0.717, 1.165) is 46.2 Å². The van der Waals surface area contributed by atoms with Gasteiger partial charge in [-0.2, -0.15) is 0 Å². The summed E-state index contributed by atoms with van der Waals surface area (Å²) in [7, 11) is 0. The van der Waals surface area contributed by atoms with Crippen LogP contribution in [0.25, 0.3) is 71.6 Å². The van der Waals surface area contributed by atoms with Gasteiger partial charge in [0.25, 0.3) is 0 Å². The average molecular weight is 617 g/mol. The van der Waals surface area contributed by atoms with E-state index in [2.05, 4.69) is 143 Å². The Morgan fingerprint density at radius 3 is 2.40 bits per heavy atom. The Kier molecular flexibility index (Phi) is 5.32. The summed E-state index contributed by atoms with van der Waals surface area (Å²) in [5.74, 6) is 0. The Hall–Kier alpha value is -5.97. The maximum atomic E-state index is 6.31. The van der Waals surface area contributed by atoms with Crippen molar-refractivity contribution in [2.45, 2.75) is 19.0 Å². The summed E-state index contributed by atoms with van der Waals surface area (Å²) < 4.78 is 8.84. The number of aliphatic imine (C=N–C) groups is 1. The van der Waals surface area contributed by atoms with Gasteiger partial charge in [0.15, 0.2) is 5.69 Å². The van der Waals surface area contributed by atoms with Gasteiger partial charge in [-0.1, -0.05) is 103 Å². The fraction of sp³-hybridized carbons (Fsp3) is 0.0682. The molecule has 4 heterocycles. The maximum absolute atomic E-state index is 6.31. The van der Waals surface area contributed by atoms with Gasteiger partial charge in [-0.05, 0) is 77.1 Å². The summed E-state index contributed by atoms with van der Waals surface area (Å²) in [5, 5.41) is 7.31. The van der Waals surface area contributed by atoms with Gasteiger partial charge in [-0.25, -0.2) is 4.99 Å². The predicted molar refractivity (Wildman–Crippen MR) is 197 cm³/mol. The molecule has 3 aliphatic rings. The van der Waals surface area contributed by atoms with Gasteiger partial charge in [-0.3, -0.25) is 9.88 Å². The summed E-state index contributed by atoms with van der Waals surface area (Å²) in [6, 6.07) is 43.7. The van der Waals surface area contributed by atoms with Crippen LogP contribution in [0, 0.1) is 0 Å². The van der Waals surface area contributed by atoms with E-state index >= 15 is 0 Å². The second-order valence-electron chi connectivity index (χ2n) is 13.1. The lowest BCUT2D eigenvalue weighted by molar-refractivity contribution is -0.613. The molecule has 0 saturated carbocycles. The Bertz CT molecular complexity index is 2760. The SMILES string of the molecule is C1=CC(c2ccc3c(c2-c2ccccc2)[NH2+]C2C(=N3)c3cc(-c4cccc5oc6ccccc6c45)cc4c5ccccc5n2c34)=CCC1. The van der Waals surface area contributed by atoms with E-state index in [9.17, 15) is 0 Å².